The molecule has 0 aliphatic carbocycles. The monoisotopic (exact) mass is 618 g/mol. The predicted octanol–water partition coefficient (Wildman–Crippen LogP) is 4.53. The number of imide groups is 3. The predicted molar refractivity (Wildman–Crippen MR) is 150 cm³/mol. The van der Waals surface area contributed by atoms with Gasteiger partial charge in [-0.1, -0.05) is 74.2 Å². The first-order valence-corrected chi connectivity index (χ1v) is 14.4. The summed E-state index contributed by atoms with van der Waals surface area (Å²) in [7, 11) is 0. The molecule has 2 unspecified atom stereocenters. The molecular formula is C28H25F3N4O5S2. The summed E-state index contributed by atoms with van der Waals surface area (Å²) >= 11 is 1.70. The van der Waals surface area contributed by atoms with Crippen molar-refractivity contribution in [3.63, 3.8) is 0 Å². The van der Waals surface area contributed by atoms with Gasteiger partial charge in [0.25, 0.3) is 5.91 Å². The number of fused-ring (bicyclic) bond motifs is 2. The lowest BCUT2D eigenvalue weighted by molar-refractivity contribution is -0.138. The van der Waals surface area contributed by atoms with Crippen LogP contribution in [0.2, 0.25) is 0 Å². The number of benzene rings is 2. The third-order valence-electron chi connectivity index (χ3n) is 7.18. The Kier molecular flexibility index (Phi) is 7.34. The van der Waals surface area contributed by atoms with E-state index in [2.05, 4.69) is 5.32 Å². The molecule has 3 N–H and O–H groups in total. The van der Waals surface area contributed by atoms with E-state index >= 15 is 0 Å². The summed E-state index contributed by atoms with van der Waals surface area (Å²) in [6.45, 7) is 5.55. The maximum absolute atomic E-state index is 13.3. The van der Waals surface area contributed by atoms with E-state index in [0.29, 0.717) is 15.3 Å². The molecule has 2 aliphatic rings. The highest BCUT2D eigenvalue weighted by Gasteiger charge is 2.58. The fraction of sp³-hybridized carbons (Fsp3) is 0.321. The van der Waals surface area contributed by atoms with Gasteiger partial charge in [0.2, 0.25) is 11.8 Å². The first kappa shape index (κ1) is 29.6. The number of aromatic nitrogens is 1. The Morgan fingerprint density at radius 2 is 1.64 bits per heavy atom. The molecule has 5 amide bonds. The zero-order valence-electron chi connectivity index (χ0n) is 22.5. The summed E-state index contributed by atoms with van der Waals surface area (Å²) in [5, 5.41) is 1.56. The minimum Gasteiger partial charge on any atom is -0.351 e. The third-order valence-corrected chi connectivity index (χ3v) is 9.78. The van der Waals surface area contributed by atoms with E-state index in [1.165, 1.54) is 6.07 Å². The SMILES string of the molecule is CC(C)(C)c1ccc([C@@H]2c3sc(=O)n(CC(=O)Nc4cccc(C(F)(F)F)c4)c3SC3C(=O)N(C(N)=O)C(=O)C32)cc1. The lowest BCUT2D eigenvalue weighted by atomic mass is 9.81. The summed E-state index contributed by atoms with van der Waals surface area (Å²) in [5.74, 6) is -4.16. The maximum Gasteiger partial charge on any atom is 0.416 e. The number of primary amides is 1. The highest BCUT2D eigenvalue weighted by atomic mass is 32.2. The minimum atomic E-state index is -4.61. The van der Waals surface area contributed by atoms with Crippen LogP contribution in [0.25, 0.3) is 0 Å². The fourth-order valence-electron chi connectivity index (χ4n) is 5.14. The number of carbonyl (C=O) groups is 4. The second kappa shape index (κ2) is 10.4. The van der Waals surface area contributed by atoms with Crippen LogP contribution in [-0.2, 0) is 32.5 Å². The number of halogens is 3. The molecule has 2 aliphatic heterocycles. The summed E-state index contributed by atoms with van der Waals surface area (Å²) in [4.78, 5) is 64.9. The molecule has 0 spiro atoms. The summed E-state index contributed by atoms with van der Waals surface area (Å²) in [5.41, 5.74) is 5.78. The van der Waals surface area contributed by atoms with E-state index in [1.807, 2.05) is 45.0 Å². The number of anilines is 1. The van der Waals surface area contributed by atoms with Crippen LogP contribution in [0.5, 0.6) is 0 Å². The van der Waals surface area contributed by atoms with Crippen molar-refractivity contribution in [2.75, 3.05) is 5.32 Å². The average Bonchev–Trinajstić information content (AvgIpc) is 3.34. The quantitative estimate of drug-likeness (QED) is 0.413. The first-order valence-electron chi connectivity index (χ1n) is 12.7. The zero-order chi connectivity index (χ0) is 30.7. The van der Waals surface area contributed by atoms with Crippen LogP contribution in [0, 0.1) is 5.92 Å². The van der Waals surface area contributed by atoms with Crippen LogP contribution in [0.1, 0.15) is 48.3 Å². The van der Waals surface area contributed by atoms with Gasteiger partial charge in [0.1, 0.15) is 11.8 Å². The van der Waals surface area contributed by atoms with Gasteiger partial charge in [-0.25, -0.2) is 4.79 Å². The Bertz CT molecular complexity index is 1670. The van der Waals surface area contributed by atoms with Gasteiger partial charge < -0.3 is 11.1 Å². The maximum atomic E-state index is 13.3. The summed E-state index contributed by atoms with van der Waals surface area (Å²) < 4.78 is 40.5. The number of thioether (sulfide) groups is 1. The van der Waals surface area contributed by atoms with Gasteiger partial charge >= 0.3 is 17.1 Å². The molecule has 9 nitrogen and oxygen atoms in total. The van der Waals surface area contributed by atoms with E-state index in [1.54, 1.807) is 0 Å². The number of likely N-dealkylation sites (tertiary alicyclic amines) is 1. The molecule has 3 atom stereocenters. The minimum absolute atomic E-state index is 0.106. The van der Waals surface area contributed by atoms with Crippen molar-refractivity contribution in [1.29, 1.82) is 0 Å². The average molecular weight is 619 g/mol. The normalized spacial score (nSPS) is 20.3. The molecule has 3 heterocycles. The van der Waals surface area contributed by atoms with Gasteiger partial charge in [0, 0.05) is 16.5 Å². The molecular weight excluding hydrogens is 593 g/mol. The molecule has 0 radical (unpaired) electrons. The Morgan fingerprint density at radius 1 is 0.976 bits per heavy atom. The van der Waals surface area contributed by atoms with Crippen LogP contribution in [0.3, 0.4) is 0 Å². The molecule has 0 bridgehead atoms. The Balaban J connectivity index is 1.54. The molecule has 1 fully saturated rings. The fourth-order valence-corrected chi connectivity index (χ4v) is 7.91. The molecule has 2 aromatic carbocycles. The van der Waals surface area contributed by atoms with Crippen LogP contribution in [-0.4, -0.2) is 38.5 Å². The van der Waals surface area contributed by atoms with E-state index in [9.17, 15) is 37.1 Å². The number of nitrogens with one attached hydrogen (secondary N) is 1. The van der Waals surface area contributed by atoms with Gasteiger partial charge in [-0.15, -0.1) is 0 Å². The lowest BCUT2D eigenvalue weighted by Gasteiger charge is -2.31. The van der Waals surface area contributed by atoms with Crippen molar-refractivity contribution in [1.82, 2.24) is 9.47 Å². The number of nitrogens with zero attached hydrogens (tertiary/aromatic N) is 2. The largest absolute Gasteiger partial charge is 0.416 e. The number of thiazole rings is 1. The number of urea groups is 1. The number of hydrogen-bond donors (Lipinski definition) is 2. The van der Waals surface area contributed by atoms with Crippen molar-refractivity contribution in [2.45, 2.75) is 55.1 Å². The number of rotatable bonds is 4. The van der Waals surface area contributed by atoms with Gasteiger partial charge in [-0.2, -0.15) is 18.1 Å². The number of nitrogens with two attached hydrogens (primary N) is 1. The molecule has 5 rings (SSSR count). The van der Waals surface area contributed by atoms with Crippen molar-refractivity contribution < 1.29 is 32.3 Å². The first-order chi connectivity index (χ1) is 19.6. The van der Waals surface area contributed by atoms with E-state index in [4.69, 9.17) is 5.73 Å². The molecule has 0 saturated carbocycles. The zero-order valence-corrected chi connectivity index (χ0v) is 24.2. The van der Waals surface area contributed by atoms with Gasteiger partial charge in [-0.05, 0) is 34.7 Å². The van der Waals surface area contributed by atoms with Gasteiger partial charge in [0.05, 0.1) is 16.5 Å². The van der Waals surface area contributed by atoms with Crippen LogP contribution in [0.4, 0.5) is 23.7 Å². The van der Waals surface area contributed by atoms with Crippen LogP contribution >= 0.6 is 23.1 Å². The Hall–Kier alpha value is -3.91. The van der Waals surface area contributed by atoms with Crippen LogP contribution < -0.4 is 15.9 Å². The van der Waals surface area contributed by atoms with Crippen molar-refractivity contribution >= 4 is 52.5 Å². The number of carbonyl (C=O) groups excluding carboxylic acids is 4. The summed E-state index contributed by atoms with van der Waals surface area (Å²) in [6, 6.07) is 10.3. The Morgan fingerprint density at radius 3 is 2.24 bits per heavy atom. The lowest BCUT2D eigenvalue weighted by Crippen LogP contribution is -2.41. The Labute approximate surface area is 245 Å². The highest BCUT2D eigenvalue weighted by molar-refractivity contribution is 8.00. The third kappa shape index (κ3) is 5.24. The van der Waals surface area contributed by atoms with E-state index in [-0.39, 0.29) is 16.1 Å². The molecule has 1 aromatic heterocycles. The van der Waals surface area contributed by atoms with Crippen molar-refractivity contribution in [2.24, 2.45) is 11.7 Å². The molecule has 1 saturated heterocycles. The number of hydrogen-bond acceptors (Lipinski definition) is 7. The standard InChI is InChI=1S/C28H25F3N4O5S2/c1-27(2,3)14-9-7-13(8-10-14)18-19-20(23(38)35(22(19)37)25(32)39)41-24-21(18)42-26(40)34(24)12-17(36)33-16-6-4-5-15(11-16)28(29,30)31/h4-11,18-20H,12H2,1-3H3,(H2,32,39)(H,33,36)/t18-,19?,20?/m0/s1. The van der Waals surface area contributed by atoms with E-state index in [0.717, 1.165) is 51.4 Å². The molecule has 220 valence electrons. The van der Waals surface area contributed by atoms with E-state index < -0.39 is 64.0 Å². The highest BCUT2D eigenvalue weighted by Crippen LogP contribution is 2.53. The summed E-state index contributed by atoms with van der Waals surface area (Å²) in [6.07, 6.45) is -4.61. The molecule has 14 heteroatoms. The van der Waals surface area contributed by atoms with Gasteiger partial charge in [0.15, 0.2) is 0 Å². The van der Waals surface area contributed by atoms with Crippen LogP contribution in [0.15, 0.2) is 58.4 Å². The molecule has 3 aromatic rings. The second-order valence-electron chi connectivity index (χ2n) is 11.0. The topological polar surface area (TPSA) is 132 Å². The van der Waals surface area contributed by atoms with Crippen molar-refractivity contribution in [3.05, 3.63) is 79.8 Å². The second-order valence-corrected chi connectivity index (χ2v) is 13.1. The number of alkyl halides is 3. The molecule has 42 heavy (non-hydrogen) atoms. The van der Waals surface area contributed by atoms with Gasteiger partial charge in [-0.3, -0.25) is 23.7 Å². The smallest absolute Gasteiger partial charge is 0.351 e. The number of amides is 5. The van der Waals surface area contributed by atoms with Crippen molar-refractivity contribution in [3.8, 4) is 0 Å².